The van der Waals surface area contributed by atoms with Crippen molar-refractivity contribution in [1.82, 2.24) is 10.1 Å². The highest BCUT2D eigenvalue weighted by Gasteiger charge is 2.51. The van der Waals surface area contributed by atoms with Gasteiger partial charge in [0.2, 0.25) is 5.89 Å². The molecule has 1 aromatic carbocycles. The molecule has 1 saturated carbocycles. The molecule has 0 amide bonds. The van der Waals surface area contributed by atoms with Gasteiger partial charge in [-0.05, 0) is 24.8 Å². The van der Waals surface area contributed by atoms with Crippen LogP contribution in [-0.4, -0.2) is 10.1 Å². The summed E-state index contributed by atoms with van der Waals surface area (Å²) in [5.41, 5.74) is 1.20. The fourth-order valence-electron chi connectivity index (χ4n) is 2.45. The molecule has 1 unspecified atom stereocenters. The first-order chi connectivity index (χ1) is 9.26. The third kappa shape index (κ3) is 2.27. The van der Waals surface area contributed by atoms with Gasteiger partial charge in [0.1, 0.15) is 0 Å². The van der Waals surface area contributed by atoms with Crippen LogP contribution >= 0.6 is 11.6 Å². The quantitative estimate of drug-likeness (QED) is 0.767. The van der Waals surface area contributed by atoms with E-state index in [-0.39, 0.29) is 10.8 Å². The van der Waals surface area contributed by atoms with Crippen LogP contribution in [0.15, 0.2) is 34.9 Å². The van der Waals surface area contributed by atoms with Gasteiger partial charge in [-0.1, -0.05) is 48.8 Å². The molecule has 1 aliphatic rings. The molecule has 100 valence electrons. The number of nitrogens with zero attached hydrogens (tertiary/aromatic N) is 2. The van der Waals surface area contributed by atoms with Crippen molar-refractivity contribution in [3.05, 3.63) is 47.6 Å². The van der Waals surface area contributed by atoms with E-state index >= 15 is 0 Å². The van der Waals surface area contributed by atoms with E-state index in [0.29, 0.717) is 5.82 Å². The number of rotatable bonds is 5. The smallest absolute Gasteiger partial charge is 0.237 e. The van der Waals surface area contributed by atoms with Gasteiger partial charge in [0.05, 0.1) is 10.8 Å². The molecule has 0 bridgehead atoms. The predicted molar refractivity (Wildman–Crippen MR) is 74.3 cm³/mol. The van der Waals surface area contributed by atoms with Crippen molar-refractivity contribution in [2.24, 2.45) is 0 Å². The summed E-state index contributed by atoms with van der Waals surface area (Å²) in [4.78, 5) is 4.53. The Morgan fingerprint density at radius 1 is 1.32 bits per heavy atom. The second-order valence-electron chi connectivity index (χ2n) is 5.16. The lowest BCUT2D eigenvalue weighted by atomic mass is 9.96. The Labute approximate surface area is 118 Å². The van der Waals surface area contributed by atoms with E-state index in [1.807, 2.05) is 18.2 Å². The molecule has 2 aromatic rings. The lowest BCUT2D eigenvalue weighted by Gasteiger charge is -2.09. The van der Waals surface area contributed by atoms with Crippen molar-refractivity contribution in [3.63, 3.8) is 0 Å². The third-order valence-corrected chi connectivity index (χ3v) is 4.16. The van der Waals surface area contributed by atoms with E-state index in [1.165, 1.54) is 5.56 Å². The average Bonchev–Trinajstić information content (AvgIpc) is 3.10. The molecule has 3 rings (SSSR count). The van der Waals surface area contributed by atoms with E-state index in [2.05, 4.69) is 29.2 Å². The number of hydrogen-bond acceptors (Lipinski definition) is 3. The van der Waals surface area contributed by atoms with Crippen molar-refractivity contribution in [3.8, 4) is 0 Å². The molecule has 0 radical (unpaired) electrons. The first-order valence-electron chi connectivity index (χ1n) is 6.80. The first-order valence-corrected chi connectivity index (χ1v) is 7.23. The Balaban J connectivity index is 1.87. The molecular formula is C15H17ClN2O. The average molecular weight is 277 g/mol. The maximum atomic E-state index is 6.25. The maximum Gasteiger partial charge on any atom is 0.237 e. The number of aromatic nitrogens is 2. The Hall–Kier alpha value is -1.35. The maximum absolute atomic E-state index is 6.25. The number of alkyl halides is 1. The van der Waals surface area contributed by atoms with E-state index in [4.69, 9.17) is 16.1 Å². The summed E-state index contributed by atoms with van der Waals surface area (Å²) in [5, 5.41) is 3.90. The van der Waals surface area contributed by atoms with E-state index in [0.717, 1.165) is 31.6 Å². The van der Waals surface area contributed by atoms with Gasteiger partial charge in [0, 0.05) is 0 Å². The predicted octanol–water partition coefficient (Wildman–Crippen LogP) is 4.23. The van der Waals surface area contributed by atoms with Crippen LogP contribution in [-0.2, 0) is 5.41 Å². The van der Waals surface area contributed by atoms with Crippen LogP contribution in [0.4, 0.5) is 0 Å². The minimum atomic E-state index is -0.144. The molecule has 0 N–H and O–H groups in total. The fraction of sp³-hybridized carbons (Fsp3) is 0.467. The number of hydrogen-bond donors (Lipinski definition) is 0. The second kappa shape index (κ2) is 4.97. The van der Waals surface area contributed by atoms with Gasteiger partial charge in [0.25, 0.3) is 0 Å². The van der Waals surface area contributed by atoms with Gasteiger partial charge in [0.15, 0.2) is 5.82 Å². The van der Waals surface area contributed by atoms with Crippen molar-refractivity contribution >= 4 is 11.6 Å². The SMILES string of the molecule is CCCC(Cl)c1noc(C2(c3ccccc3)CC2)n1. The van der Waals surface area contributed by atoms with Gasteiger partial charge in [-0.15, -0.1) is 11.6 Å². The third-order valence-electron chi connectivity index (χ3n) is 3.75. The molecule has 4 heteroatoms. The van der Waals surface area contributed by atoms with Crippen LogP contribution < -0.4 is 0 Å². The van der Waals surface area contributed by atoms with Crippen LogP contribution in [0.2, 0.25) is 0 Å². The summed E-state index contributed by atoms with van der Waals surface area (Å²) in [7, 11) is 0. The van der Waals surface area contributed by atoms with Crippen LogP contribution in [0.25, 0.3) is 0 Å². The topological polar surface area (TPSA) is 38.9 Å². The van der Waals surface area contributed by atoms with Crippen molar-refractivity contribution < 1.29 is 4.52 Å². The highest BCUT2D eigenvalue weighted by Crippen LogP contribution is 2.52. The molecule has 3 nitrogen and oxygen atoms in total. The molecule has 19 heavy (non-hydrogen) atoms. The molecule has 1 atom stereocenters. The molecular weight excluding hydrogens is 260 g/mol. The summed E-state index contributed by atoms with van der Waals surface area (Å²) >= 11 is 6.25. The largest absolute Gasteiger partial charge is 0.338 e. The van der Waals surface area contributed by atoms with E-state index in [1.54, 1.807) is 0 Å². The normalized spacial score (nSPS) is 18.2. The highest BCUT2D eigenvalue weighted by molar-refractivity contribution is 6.20. The number of benzene rings is 1. The van der Waals surface area contributed by atoms with Gasteiger partial charge in [-0.2, -0.15) is 4.98 Å². The standard InChI is InChI=1S/C15H17ClN2O/c1-2-6-12(16)13-17-14(19-18-13)15(9-10-15)11-7-4-3-5-8-11/h3-5,7-8,12H,2,6,9-10H2,1H3. The molecule has 0 spiro atoms. The van der Waals surface area contributed by atoms with Crippen LogP contribution in [0.3, 0.4) is 0 Å². The second-order valence-corrected chi connectivity index (χ2v) is 5.69. The Morgan fingerprint density at radius 3 is 2.68 bits per heavy atom. The van der Waals surface area contributed by atoms with Crippen molar-refractivity contribution in [1.29, 1.82) is 0 Å². The Morgan fingerprint density at radius 2 is 2.05 bits per heavy atom. The summed E-state index contributed by atoms with van der Waals surface area (Å²) in [6, 6.07) is 10.4. The van der Waals surface area contributed by atoms with Crippen LogP contribution in [0.5, 0.6) is 0 Å². The first kappa shape index (κ1) is 12.7. The van der Waals surface area contributed by atoms with Gasteiger partial charge >= 0.3 is 0 Å². The summed E-state index contributed by atoms with van der Waals surface area (Å²) in [5.74, 6) is 1.34. The lowest BCUT2D eigenvalue weighted by molar-refractivity contribution is 0.354. The molecule has 0 saturated heterocycles. The van der Waals surface area contributed by atoms with Crippen LogP contribution in [0.1, 0.15) is 55.3 Å². The zero-order valence-corrected chi connectivity index (χ0v) is 11.7. The zero-order chi connectivity index (χ0) is 13.3. The highest BCUT2D eigenvalue weighted by atomic mass is 35.5. The minimum Gasteiger partial charge on any atom is -0.338 e. The molecule has 1 aliphatic carbocycles. The minimum absolute atomic E-state index is 0.0602. The van der Waals surface area contributed by atoms with Gasteiger partial charge in [-0.3, -0.25) is 0 Å². The lowest BCUT2D eigenvalue weighted by Crippen LogP contribution is -2.09. The molecule has 1 fully saturated rings. The van der Waals surface area contributed by atoms with Gasteiger partial charge < -0.3 is 4.52 Å². The number of halogens is 1. The van der Waals surface area contributed by atoms with E-state index < -0.39 is 0 Å². The molecule has 1 aromatic heterocycles. The Kier molecular flexibility index (Phi) is 3.31. The summed E-state index contributed by atoms with van der Waals surface area (Å²) in [6.07, 6.45) is 4.03. The monoisotopic (exact) mass is 276 g/mol. The summed E-state index contributed by atoms with van der Waals surface area (Å²) < 4.78 is 5.47. The van der Waals surface area contributed by atoms with E-state index in [9.17, 15) is 0 Å². The zero-order valence-electron chi connectivity index (χ0n) is 11.0. The van der Waals surface area contributed by atoms with Crippen molar-refractivity contribution in [2.75, 3.05) is 0 Å². The van der Waals surface area contributed by atoms with Crippen LogP contribution in [0, 0.1) is 0 Å². The van der Waals surface area contributed by atoms with Gasteiger partial charge in [-0.25, -0.2) is 0 Å². The molecule has 1 heterocycles. The fourth-order valence-corrected chi connectivity index (χ4v) is 2.75. The Bertz CT molecular complexity index is 548. The summed E-state index contributed by atoms with van der Waals surface area (Å²) in [6.45, 7) is 2.10. The van der Waals surface area contributed by atoms with Crippen molar-refractivity contribution in [2.45, 2.75) is 43.4 Å². The molecule has 0 aliphatic heterocycles.